The van der Waals surface area contributed by atoms with Crippen LogP contribution in [0.4, 0.5) is 9.59 Å². The van der Waals surface area contributed by atoms with Crippen molar-refractivity contribution in [1.82, 2.24) is 0 Å². The summed E-state index contributed by atoms with van der Waals surface area (Å²) >= 11 is 0. The van der Waals surface area contributed by atoms with Gasteiger partial charge in [0, 0.05) is 0 Å². The molecule has 0 aromatic carbocycles. The highest BCUT2D eigenvalue weighted by Crippen LogP contribution is 1.89. The molecule has 0 aliphatic carbocycles. The molecule has 0 aliphatic rings. The van der Waals surface area contributed by atoms with Gasteiger partial charge in [-0.05, 0) is 13.8 Å². The zero-order valence-electron chi connectivity index (χ0n) is 6.96. The fraction of sp³-hybridized carbons (Fsp3) is 0.600. The molecule has 0 aromatic heterocycles. The van der Waals surface area contributed by atoms with Crippen molar-refractivity contribution < 1.29 is 39.7 Å². The number of hydrogen-bond donors (Lipinski definition) is 3. The molecule has 0 saturated carbocycles. The minimum Gasteiger partial charge on any atom is -0.448 e. The number of hydrogen-bond acceptors (Lipinski definition) is 7. The van der Waals surface area contributed by atoms with E-state index in [4.69, 9.17) is 20.4 Å². The summed E-state index contributed by atoms with van der Waals surface area (Å²) in [5, 5.41) is 21.9. The maximum absolute atomic E-state index is 9.93. The largest absolute Gasteiger partial charge is 0.540 e. The lowest BCUT2D eigenvalue weighted by Gasteiger charge is -2.02. The van der Waals surface area contributed by atoms with Gasteiger partial charge in [0.1, 0.15) is 0 Å². The second kappa shape index (κ2) is 8.56. The van der Waals surface area contributed by atoms with Gasteiger partial charge in [-0.2, -0.15) is 10.5 Å². The first-order valence-corrected chi connectivity index (χ1v) is 3.00. The molecule has 8 nitrogen and oxygen atoms in total. The van der Waals surface area contributed by atoms with E-state index < -0.39 is 12.3 Å². The Labute approximate surface area is 73.1 Å². The van der Waals surface area contributed by atoms with E-state index in [1.165, 1.54) is 0 Å². The minimum absolute atomic E-state index is 0.255. The molecule has 0 unspecified atom stereocenters. The summed E-state index contributed by atoms with van der Waals surface area (Å²) in [4.78, 5) is 24.7. The highest BCUT2D eigenvalue weighted by atomic mass is 17.1. The maximum atomic E-state index is 9.93. The van der Waals surface area contributed by atoms with Crippen LogP contribution < -0.4 is 0 Å². The molecule has 0 bridgehead atoms. The van der Waals surface area contributed by atoms with Gasteiger partial charge in [-0.1, -0.05) is 0 Å². The Balaban J connectivity index is 0. The third-order valence-corrected chi connectivity index (χ3v) is 0.485. The van der Waals surface area contributed by atoms with E-state index in [9.17, 15) is 4.79 Å². The highest BCUT2D eigenvalue weighted by Gasteiger charge is 2.03. The number of carboxylic acid groups (broad SMARTS) is 1. The van der Waals surface area contributed by atoms with Crippen molar-refractivity contribution in [2.45, 2.75) is 20.0 Å². The van der Waals surface area contributed by atoms with E-state index in [-0.39, 0.29) is 6.10 Å². The van der Waals surface area contributed by atoms with Crippen LogP contribution in [0.3, 0.4) is 0 Å². The van der Waals surface area contributed by atoms with Gasteiger partial charge in [0.2, 0.25) is 0 Å². The van der Waals surface area contributed by atoms with Gasteiger partial charge in [-0.3, -0.25) is 9.78 Å². The standard InChI is InChI=1S/C4H8O4.CH2O4/c1-3(2)7-4(5)8-6;2-1(3)5-4/h3,6H,1-2H3;4H,(H,2,3). The van der Waals surface area contributed by atoms with Crippen LogP contribution in [0.5, 0.6) is 0 Å². The van der Waals surface area contributed by atoms with Crippen LogP contribution in [0, 0.1) is 0 Å². The Hall–Kier alpha value is -1.54. The summed E-state index contributed by atoms with van der Waals surface area (Å²) in [5.74, 6) is 0. The van der Waals surface area contributed by atoms with Crippen LogP contribution in [-0.2, 0) is 14.5 Å². The molecule has 0 aliphatic heterocycles. The zero-order valence-corrected chi connectivity index (χ0v) is 6.96. The fourth-order valence-electron chi connectivity index (χ4n) is 0.214. The van der Waals surface area contributed by atoms with Gasteiger partial charge < -0.3 is 9.84 Å². The third kappa shape index (κ3) is 17.9. The molecule has 0 radical (unpaired) electrons. The molecule has 0 rings (SSSR count). The van der Waals surface area contributed by atoms with Gasteiger partial charge in [-0.25, -0.2) is 9.59 Å². The van der Waals surface area contributed by atoms with Crippen molar-refractivity contribution >= 4 is 12.3 Å². The first-order valence-electron chi connectivity index (χ1n) is 3.00. The number of carbonyl (C=O) groups is 2. The smallest absolute Gasteiger partial charge is 0.448 e. The number of ether oxygens (including phenoxy) is 1. The SMILES string of the molecule is CC(C)OC(=O)OO.O=C(O)OO. The molecule has 3 N–H and O–H groups in total. The molecule has 8 heteroatoms. The van der Waals surface area contributed by atoms with Crippen molar-refractivity contribution in [3.8, 4) is 0 Å². The first kappa shape index (κ1) is 14.0. The summed E-state index contributed by atoms with van der Waals surface area (Å²) in [7, 11) is 0. The van der Waals surface area contributed by atoms with Crippen LogP contribution >= 0.6 is 0 Å². The molecule has 0 fully saturated rings. The van der Waals surface area contributed by atoms with Crippen molar-refractivity contribution in [3.05, 3.63) is 0 Å². The van der Waals surface area contributed by atoms with E-state index in [0.717, 1.165) is 0 Å². The van der Waals surface area contributed by atoms with Crippen molar-refractivity contribution in [3.63, 3.8) is 0 Å². The summed E-state index contributed by atoms with van der Waals surface area (Å²) in [6, 6.07) is 0. The Morgan fingerprint density at radius 3 is 1.62 bits per heavy atom. The number of rotatable bonds is 1. The molecular weight excluding hydrogens is 188 g/mol. The minimum atomic E-state index is -1.69. The summed E-state index contributed by atoms with van der Waals surface area (Å²) < 4.78 is 4.29. The molecular formula is C5H10O8. The van der Waals surface area contributed by atoms with Crippen LogP contribution in [-0.4, -0.2) is 34.0 Å². The Morgan fingerprint density at radius 2 is 1.54 bits per heavy atom. The maximum Gasteiger partial charge on any atom is 0.540 e. The van der Waals surface area contributed by atoms with E-state index in [1.54, 1.807) is 13.8 Å². The van der Waals surface area contributed by atoms with Gasteiger partial charge in [0.15, 0.2) is 0 Å². The van der Waals surface area contributed by atoms with Crippen LogP contribution in [0.2, 0.25) is 0 Å². The molecule has 0 saturated heterocycles. The molecule has 0 amide bonds. The Morgan fingerprint density at radius 1 is 1.15 bits per heavy atom. The Bertz CT molecular complexity index is 153. The monoisotopic (exact) mass is 198 g/mol. The lowest BCUT2D eigenvalue weighted by Crippen LogP contribution is -2.10. The van der Waals surface area contributed by atoms with Gasteiger partial charge >= 0.3 is 12.3 Å². The third-order valence-electron chi connectivity index (χ3n) is 0.485. The van der Waals surface area contributed by atoms with E-state index in [1.807, 2.05) is 0 Å². The predicted octanol–water partition coefficient (Wildman–Crippen LogP) is 1.18. The van der Waals surface area contributed by atoms with Crippen molar-refractivity contribution in [1.29, 1.82) is 0 Å². The zero-order chi connectivity index (χ0) is 10.9. The summed E-state index contributed by atoms with van der Waals surface area (Å²) in [6.07, 6.45) is -3.01. The molecule has 0 heterocycles. The summed E-state index contributed by atoms with van der Waals surface area (Å²) in [5.41, 5.74) is 0. The van der Waals surface area contributed by atoms with E-state index in [2.05, 4.69) is 14.5 Å². The highest BCUT2D eigenvalue weighted by molar-refractivity contribution is 5.58. The topological polar surface area (TPSA) is 123 Å². The molecule has 0 aromatic rings. The fourth-order valence-corrected chi connectivity index (χ4v) is 0.214. The van der Waals surface area contributed by atoms with Gasteiger partial charge in [0.05, 0.1) is 6.10 Å². The number of carbonyl (C=O) groups excluding carboxylic acids is 1. The molecule has 13 heavy (non-hydrogen) atoms. The normalized spacial score (nSPS) is 8.08. The molecule has 78 valence electrons. The summed E-state index contributed by atoms with van der Waals surface area (Å²) in [6.45, 7) is 3.30. The molecule has 0 atom stereocenters. The lowest BCUT2D eigenvalue weighted by atomic mass is 10.5. The van der Waals surface area contributed by atoms with Gasteiger partial charge in [0.25, 0.3) is 0 Å². The van der Waals surface area contributed by atoms with Crippen LogP contribution in [0.15, 0.2) is 0 Å². The van der Waals surface area contributed by atoms with E-state index in [0.29, 0.717) is 0 Å². The molecule has 0 spiro atoms. The van der Waals surface area contributed by atoms with Gasteiger partial charge in [-0.15, -0.1) is 0 Å². The van der Waals surface area contributed by atoms with E-state index >= 15 is 0 Å². The Kier molecular flexibility index (Phi) is 9.22. The average Bonchev–Trinajstić information content (AvgIpc) is 2.04. The van der Waals surface area contributed by atoms with Crippen molar-refractivity contribution in [2.75, 3.05) is 0 Å². The lowest BCUT2D eigenvalue weighted by molar-refractivity contribution is -0.203. The second-order valence-electron chi connectivity index (χ2n) is 1.87. The average molecular weight is 198 g/mol. The predicted molar refractivity (Wildman–Crippen MR) is 37.1 cm³/mol. The second-order valence-corrected chi connectivity index (χ2v) is 1.87. The van der Waals surface area contributed by atoms with Crippen LogP contribution in [0.25, 0.3) is 0 Å². The quantitative estimate of drug-likeness (QED) is 0.326. The van der Waals surface area contributed by atoms with Crippen LogP contribution in [0.1, 0.15) is 13.8 Å². The first-order chi connectivity index (χ1) is 5.93. The van der Waals surface area contributed by atoms with Crippen molar-refractivity contribution in [2.24, 2.45) is 0 Å².